The molecular weight excluding hydrogens is 416 g/mol. The molecule has 0 unspecified atom stereocenters. The van der Waals surface area contributed by atoms with Crippen molar-refractivity contribution in [2.45, 2.75) is 11.3 Å². The van der Waals surface area contributed by atoms with Gasteiger partial charge in [0, 0.05) is 17.7 Å². The average molecular weight is 436 g/mol. The summed E-state index contributed by atoms with van der Waals surface area (Å²) < 4.78 is 35.7. The molecule has 0 bridgehead atoms. The maximum atomic E-state index is 12.5. The quantitative estimate of drug-likeness (QED) is 0.464. The monoisotopic (exact) mass is 436 g/mol. The van der Waals surface area contributed by atoms with Gasteiger partial charge in [0.2, 0.25) is 11.8 Å². The third-order valence-corrected chi connectivity index (χ3v) is 6.44. The lowest BCUT2D eigenvalue weighted by atomic mass is 10.2. The minimum absolute atomic E-state index is 0.152. The van der Waals surface area contributed by atoms with E-state index >= 15 is 0 Å². The first-order valence-electron chi connectivity index (χ1n) is 9.57. The zero-order valence-electron chi connectivity index (χ0n) is 16.7. The molecule has 31 heavy (non-hydrogen) atoms. The standard InChI is InChI=1S/C23H20N2O5S/c1-29-18-9-11-19(12-10-18)31(27,28)14-13-22(26)24-17-6-4-5-16(15-17)23-25-20-7-2-3-8-21(20)30-23/h2-12,15H,13-14H2,1H3,(H,24,26). The maximum Gasteiger partial charge on any atom is 0.227 e. The van der Waals surface area contributed by atoms with Crippen LogP contribution in [-0.4, -0.2) is 32.2 Å². The minimum atomic E-state index is -3.58. The first-order valence-corrected chi connectivity index (χ1v) is 11.2. The Morgan fingerprint density at radius 1 is 1.03 bits per heavy atom. The van der Waals surface area contributed by atoms with Gasteiger partial charge in [-0.3, -0.25) is 4.79 Å². The summed E-state index contributed by atoms with van der Waals surface area (Å²) in [6, 6.07) is 20.6. The van der Waals surface area contributed by atoms with Crippen molar-refractivity contribution in [1.29, 1.82) is 0 Å². The Morgan fingerprint density at radius 2 is 1.81 bits per heavy atom. The van der Waals surface area contributed by atoms with E-state index in [-0.39, 0.29) is 17.1 Å². The van der Waals surface area contributed by atoms with Crippen molar-refractivity contribution < 1.29 is 22.4 Å². The fraction of sp³-hybridized carbons (Fsp3) is 0.130. The Bertz CT molecular complexity index is 1290. The summed E-state index contributed by atoms with van der Waals surface area (Å²) in [4.78, 5) is 16.9. The van der Waals surface area contributed by atoms with Crippen molar-refractivity contribution in [1.82, 2.24) is 4.98 Å². The Hall–Kier alpha value is -3.65. The van der Waals surface area contributed by atoms with Gasteiger partial charge < -0.3 is 14.5 Å². The fourth-order valence-corrected chi connectivity index (χ4v) is 4.32. The second kappa shape index (κ2) is 8.61. The van der Waals surface area contributed by atoms with Gasteiger partial charge in [0.15, 0.2) is 15.4 Å². The Morgan fingerprint density at radius 3 is 2.55 bits per heavy atom. The zero-order chi connectivity index (χ0) is 21.8. The van der Waals surface area contributed by atoms with Crippen molar-refractivity contribution in [2.75, 3.05) is 18.2 Å². The lowest BCUT2D eigenvalue weighted by Gasteiger charge is -2.08. The largest absolute Gasteiger partial charge is 0.497 e. The highest BCUT2D eigenvalue weighted by molar-refractivity contribution is 7.91. The first-order chi connectivity index (χ1) is 14.9. The van der Waals surface area contributed by atoms with E-state index in [4.69, 9.17) is 9.15 Å². The highest BCUT2D eigenvalue weighted by Crippen LogP contribution is 2.26. The van der Waals surface area contributed by atoms with Crippen LogP contribution in [0.25, 0.3) is 22.6 Å². The molecule has 0 aliphatic heterocycles. The topological polar surface area (TPSA) is 98.5 Å². The highest BCUT2D eigenvalue weighted by Gasteiger charge is 2.17. The Labute approximate surface area is 179 Å². The van der Waals surface area contributed by atoms with E-state index < -0.39 is 15.7 Å². The molecular formula is C23H20N2O5S. The molecule has 7 nitrogen and oxygen atoms in total. The molecule has 0 fully saturated rings. The minimum Gasteiger partial charge on any atom is -0.497 e. The Kier molecular flexibility index (Phi) is 5.73. The SMILES string of the molecule is COc1ccc(S(=O)(=O)CCC(=O)Nc2cccc(-c3nc4ccccc4o3)c2)cc1. The van der Waals surface area contributed by atoms with Crippen LogP contribution in [0.1, 0.15) is 6.42 Å². The van der Waals surface area contributed by atoms with Crippen LogP contribution < -0.4 is 10.1 Å². The van der Waals surface area contributed by atoms with Crippen molar-refractivity contribution in [3.8, 4) is 17.2 Å². The van der Waals surface area contributed by atoms with Crippen LogP contribution in [-0.2, 0) is 14.6 Å². The number of methoxy groups -OCH3 is 1. The predicted octanol–water partition coefficient (Wildman–Crippen LogP) is 4.31. The van der Waals surface area contributed by atoms with E-state index in [9.17, 15) is 13.2 Å². The molecule has 0 aliphatic rings. The van der Waals surface area contributed by atoms with Gasteiger partial charge in [-0.2, -0.15) is 0 Å². The first kappa shape index (κ1) is 20.6. The molecule has 0 aliphatic carbocycles. The number of carbonyl (C=O) groups excluding carboxylic acids is 1. The summed E-state index contributed by atoms with van der Waals surface area (Å²) in [5.41, 5.74) is 2.66. The van der Waals surface area contributed by atoms with Crippen molar-refractivity contribution in [2.24, 2.45) is 0 Å². The van der Waals surface area contributed by atoms with Crippen LogP contribution >= 0.6 is 0 Å². The molecule has 158 valence electrons. The molecule has 1 heterocycles. The summed E-state index contributed by atoms with van der Waals surface area (Å²) >= 11 is 0. The van der Waals surface area contributed by atoms with Gasteiger partial charge in [-0.25, -0.2) is 13.4 Å². The van der Waals surface area contributed by atoms with Gasteiger partial charge in [-0.05, 0) is 54.6 Å². The molecule has 1 amide bonds. The third kappa shape index (κ3) is 4.75. The van der Waals surface area contributed by atoms with Crippen molar-refractivity contribution >= 4 is 32.5 Å². The molecule has 1 aromatic heterocycles. The number of anilines is 1. The third-order valence-electron chi connectivity index (χ3n) is 4.70. The van der Waals surface area contributed by atoms with Crippen molar-refractivity contribution in [3.05, 3.63) is 72.8 Å². The van der Waals surface area contributed by atoms with Gasteiger partial charge in [-0.15, -0.1) is 0 Å². The van der Waals surface area contributed by atoms with E-state index in [1.54, 1.807) is 30.3 Å². The van der Waals surface area contributed by atoms with E-state index in [0.717, 1.165) is 5.52 Å². The maximum absolute atomic E-state index is 12.5. The van der Waals surface area contributed by atoms with Crippen LogP contribution in [0.3, 0.4) is 0 Å². The van der Waals surface area contributed by atoms with E-state index in [2.05, 4.69) is 10.3 Å². The predicted molar refractivity (Wildman–Crippen MR) is 118 cm³/mol. The van der Waals surface area contributed by atoms with Gasteiger partial charge in [0.05, 0.1) is 17.8 Å². The molecule has 0 saturated carbocycles. The second-order valence-corrected chi connectivity index (χ2v) is 8.97. The molecule has 4 aromatic rings. The fourth-order valence-electron chi connectivity index (χ4n) is 3.08. The number of para-hydroxylation sites is 2. The second-order valence-electron chi connectivity index (χ2n) is 6.86. The summed E-state index contributed by atoms with van der Waals surface area (Å²) in [7, 11) is -2.07. The number of amides is 1. The van der Waals surface area contributed by atoms with Crippen molar-refractivity contribution in [3.63, 3.8) is 0 Å². The number of rotatable bonds is 7. The molecule has 8 heteroatoms. The van der Waals surface area contributed by atoms with Gasteiger partial charge >= 0.3 is 0 Å². The lowest BCUT2D eigenvalue weighted by Crippen LogP contribution is -2.17. The number of nitrogens with zero attached hydrogens (tertiary/aromatic N) is 1. The number of aromatic nitrogens is 1. The smallest absolute Gasteiger partial charge is 0.227 e. The van der Waals surface area contributed by atoms with Crippen LogP contribution in [0.15, 0.2) is 82.1 Å². The summed E-state index contributed by atoms with van der Waals surface area (Å²) in [5, 5.41) is 2.74. The molecule has 0 saturated heterocycles. The number of carbonyl (C=O) groups is 1. The lowest BCUT2D eigenvalue weighted by molar-refractivity contribution is -0.115. The van der Waals surface area contributed by atoms with Crippen LogP contribution in [0, 0.1) is 0 Å². The van der Waals surface area contributed by atoms with Gasteiger partial charge in [-0.1, -0.05) is 18.2 Å². The summed E-state index contributed by atoms with van der Waals surface area (Å²) in [5.74, 6) is 0.317. The highest BCUT2D eigenvalue weighted by atomic mass is 32.2. The number of benzene rings is 3. The number of sulfone groups is 1. The molecule has 0 spiro atoms. The van der Waals surface area contributed by atoms with Crippen LogP contribution in [0.2, 0.25) is 0 Å². The van der Waals surface area contributed by atoms with Gasteiger partial charge in [0.25, 0.3) is 0 Å². The summed E-state index contributed by atoms with van der Waals surface area (Å²) in [6.45, 7) is 0. The number of fused-ring (bicyclic) bond motifs is 1. The molecule has 0 radical (unpaired) electrons. The number of nitrogens with one attached hydrogen (secondary N) is 1. The van der Waals surface area contributed by atoms with E-state index in [1.807, 2.05) is 30.3 Å². The summed E-state index contributed by atoms with van der Waals surface area (Å²) in [6.07, 6.45) is -0.165. The molecule has 4 rings (SSSR count). The van der Waals surface area contributed by atoms with E-state index in [1.165, 1.54) is 19.2 Å². The molecule has 3 aromatic carbocycles. The molecule has 0 atom stereocenters. The van der Waals surface area contributed by atoms with Crippen LogP contribution in [0.5, 0.6) is 5.75 Å². The average Bonchev–Trinajstić information content (AvgIpc) is 3.22. The number of hydrogen-bond acceptors (Lipinski definition) is 6. The number of oxazole rings is 1. The number of hydrogen-bond donors (Lipinski definition) is 1. The van der Waals surface area contributed by atoms with Gasteiger partial charge in [0.1, 0.15) is 11.3 Å². The van der Waals surface area contributed by atoms with Crippen LogP contribution in [0.4, 0.5) is 5.69 Å². The zero-order valence-corrected chi connectivity index (χ0v) is 17.6. The Balaban J connectivity index is 1.42. The normalized spacial score (nSPS) is 11.4. The number of ether oxygens (including phenoxy) is 1. The van der Waals surface area contributed by atoms with E-state index in [0.29, 0.717) is 28.5 Å². The molecule has 1 N–H and O–H groups in total.